The molecule has 178 valence electrons. The zero-order valence-corrected chi connectivity index (χ0v) is 19.1. The summed E-state index contributed by atoms with van der Waals surface area (Å²) in [6, 6.07) is 3.51. The highest BCUT2D eigenvalue weighted by Gasteiger charge is 2.44. The molecule has 1 saturated carbocycles. The molecule has 0 aromatic carbocycles. The number of hydrogen-bond acceptors (Lipinski definition) is 6. The molecule has 1 N–H and O–H groups in total. The molecule has 0 bridgehead atoms. The average Bonchev–Trinajstić information content (AvgIpc) is 3.57. The molecule has 2 aliphatic heterocycles. The van der Waals surface area contributed by atoms with E-state index in [9.17, 15) is 14.0 Å². The van der Waals surface area contributed by atoms with E-state index in [-0.39, 0.29) is 32.2 Å². The Balaban J connectivity index is 0.00000306. The molecular weight excluding hydrogens is 415 g/mol. The van der Waals surface area contributed by atoms with Crippen LogP contribution in [0.1, 0.15) is 51.4 Å². The normalized spacial score (nSPS) is 19.4. The van der Waals surface area contributed by atoms with Gasteiger partial charge in [0.2, 0.25) is 11.8 Å². The molecule has 3 heterocycles. The van der Waals surface area contributed by atoms with E-state index in [0.29, 0.717) is 31.2 Å². The second-order valence-electron chi connectivity index (χ2n) is 9.09. The molecule has 1 aromatic rings. The van der Waals surface area contributed by atoms with Gasteiger partial charge in [0, 0.05) is 21.6 Å². The fourth-order valence-corrected chi connectivity index (χ4v) is 4.13. The summed E-state index contributed by atoms with van der Waals surface area (Å²) in [5.41, 5.74) is -0.0248. The van der Waals surface area contributed by atoms with Crippen molar-refractivity contribution in [2.24, 2.45) is 5.92 Å². The molecule has 0 unspecified atom stereocenters. The number of methoxy groups -OCH3 is 1. The van der Waals surface area contributed by atoms with Gasteiger partial charge in [0.1, 0.15) is 23.1 Å². The highest BCUT2D eigenvalue weighted by atomic mass is 19.1. The number of nitrogens with one attached hydrogen (secondary N) is 1. The van der Waals surface area contributed by atoms with Gasteiger partial charge in [-0.15, -0.1) is 0 Å². The van der Waals surface area contributed by atoms with Crippen LogP contribution in [0.2, 0.25) is 0 Å². The summed E-state index contributed by atoms with van der Waals surface area (Å²) in [6.07, 6.45) is 2.33. The number of amides is 2. The van der Waals surface area contributed by atoms with Crippen LogP contribution in [0.3, 0.4) is 0 Å². The van der Waals surface area contributed by atoms with E-state index in [1.165, 1.54) is 4.90 Å². The standard InChI is InChI=1S/C23H33FN4O4.H2/c1-4-23(5-2,22(30)28-10-16(24)11-28)26-20(29)18-8-9-19(27-12-17(13-27)31-3)21(25-18)32-14-15-6-7-15;/h8-9,15-17H,4-7,10-14H2,1-3H3,(H,26,29);1H. The molecule has 32 heavy (non-hydrogen) atoms. The topological polar surface area (TPSA) is 84.0 Å². The molecule has 3 fully saturated rings. The molecule has 2 amide bonds. The minimum Gasteiger partial charge on any atom is -0.476 e. The van der Waals surface area contributed by atoms with Crippen molar-refractivity contribution < 1.29 is 24.9 Å². The van der Waals surface area contributed by atoms with Crippen LogP contribution in [0.4, 0.5) is 10.1 Å². The number of carbonyl (C=O) groups is 2. The first-order valence-electron chi connectivity index (χ1n) is 11.6. The number of halogens is 1. The number of aromatic nitrogens is 1. The molecule has 3 aliphatic rings. The van der Waals surface area contributed by atoms with Crippen LogP contribution >= 0.6 is 0 Å². The van der Waals surface area contributed by atoms with Crippen LogP contribution < -0.4 is 15.0 Å². The molecule has 9 heteroatoms. The lowest BCUT2D eigenvalue weighted by molar-refractivity contribution is -0.145. The van der Waals surface area contributed by atoms with Gasteiger partial charge in [0.25, 0.3) is 5.91 Å². The van der Waals surface area contributed by atoms with Crippen molar-refractivity contribution >= 4 is 17.5 Å². The van der Waals surface area contributed by atoms with Crippen LogP contribution in [-0.2, 0) is 9.53 Å². The number of hydrogen-bond donors (Lipinski definition) is 1. The number of likely N-dealkylation sites (tertiary alicyclic amines) is 1. The largest absolute Gasteiger partial charge is 0.476 e. The Morgan fingerprint density at radius 1 is 1.22 bits per heavy atom. The molecule has 0 atom stereocenters. The maximum absolute atomic E-state index is 13.3. The number of alkyl halides is 1. The fraction of sp³-hybridized carbons (Fsp3) is 0.696. The third kappa shape index (κ3) is 4.53. The summed E-state index contributed by atoms with van der Waals surface area (Å²) >= 11 is 0. The Morgan fingerprint density at radius 2 is 1.91 bits per heavy atom. The van der Waals surface area contributed by atoms with Gasteiger partial charge in [-0.25, -0.2) is 9.37 Å². The van der Waals surface area contributed by atoms with Crippen molar-refractivity contribution in [3.63, 3.8) is 0 Å². The molecule has 0 spiro atoms. The van der Waals surface area contributed by atoms with E-state index in [0.717, 1.165) is 31.6 Å². The van der Waals surface area contributed by atoms with Gasteiger partial charge in [0.05, 0.1) is 25.8 Å². The second-order valence-corrected chi connectivity index (χ2v) is 9.09. The first-order chi connectivity index (χ1) is 15.4. The van der Waals surface area contributed by atoms with Crippen LogP contribution in [0.5, 0.6) is 5.88 Å². The third-order valence-corrected chi connectivity index (χ3v) is 6.84. The first kappa shape index (κ1) is 22.8. The minimum absolute atomic E-state index is 0. The number of carbonyl (C=O) groups excluding carboxylic acids is 2. The SMILES string of the molecule is CCC(CC)(NC(=O)c1ccc(N2CC(OC)C2)c(OCC2CC2)n1)C(=O)N1CC(F)C1.[HH]. The van der Waals surface area contributed by atoms with Crippen molar-refractivity contribution in [1.82, 2.24) is 15.2 Å². The van der Waals surface area contributed by atoms with Gasteiger partial charge < -0.3 is 24.6 Å². The Kier molecular flexibility index (Phi) is 6.55. The van der Waals surface area contributed by atoms with Gasteiger partial charge in [-0.1, -0.05) is 13.8 Å². The lowest BCUT2D eigenvalue weighted by Crippen LogP contribution is -2.64. The summed E-state index contributed by atoms with van der Waals surface area (Å²) in [7, 11) is 1.70. The van der Waals surface area contributed by atoms with Gasteiger partial charge in [-0.05, 0) is 43.7 Å². The van der Waals surface area contributed by atoms with E-state index in [2.05, 4.69) is 15.2 Å². The predicted octanol–water partition coefficient (Wildman–Crippen LogP) is 2.42. The number of ether oxygens (including phenoxy) is 2. The second kappa shape index (κ2) is 9.21. The molecule has 8 nitrogen and oxygen atoms in total. The first-order valence-corrected chi connectivity index (χ1v) is 11.6. The Morgan fingerprint density at radius 3 is 2.47 bits per heavy atom. The van der Waals surface area contributed by atoms with Gasteiger partial charge in [-0.2, -0.15) is 0 Å². The maximum atomic E-state index is 13.3. The number of rotatable bonds is 10. The van der Waals surface area contributed by atoms with Crippen molar-refractivity contribution in [1.29, 1.82) is 0 Å². The third-order valence-electron chi connectivity index (χ3n) is 6.84. The minimum atomic E-state index is -1.07. The van der Waals surface area contributed by atoms with Gasteiger partial charge >= 0.3 is 0 Å². The molecule has 4 rings (SSSR count). The summed E-state index contributed by atoms with van der Waals surface area (Å²) in [4.78, 5) is 34.3. The molecule has 0 radical (unpaired) electrons. The van der Waals surface area contributed by atoms with E-state index >= 15 is 0 Å². The summed E-state index contributed by atoms with van der Waals surface area (Å²) in [5, 5.41) is 2.90. The van der Waals surface area contributed by atoms with Crippen LogP contribution in [0, 0.1) is 5.92 Å². The van der Waals surface area contributed by atoms with E-state index < -0.39 is 17.6 Å². The Hall–Kier alpha value is -2.42. The summed E-state index contributed by atoms with van der Waals surface area (Å²) < 4.78 is 24.7. The fourth-order valence-electron chi connectivity index (χ4n) is 4.13. The monoisotopic (exact) mass is 450 g/mol. The van der Waals surface area contributed by atoms with Crippen LogP contribution in [0.15, 0.2) is 12.1 Å². The Labute approximate surface area is 189 Å². The molecule has 2 saturated heterocycles. The maximum Gasteiger partial charge on any atom is 0.270 e. The van der Waals surface area contributed by atoms with Crippen LogP contribution in [0.25, 0.3) is 0 Å². The number of pyridine rings is 1. The highest BCUT2D eigenvalue weighted by Crippen LogP contribution is 2.34. The summed E-state index contributed by atoms with van der Waals surface area (Å²) in [6.45, 7) is 5.95. The predicted molar refractivity (Wildman–Crippen MR) is 120 cm³/mol. The van der Waals surface area contributed by atoms with Gasteiger partial charge in [-0.3, -0.25) is 9.59 Å². The average molecular weight is 451 g/mol. The number of nitrogens with zero attached hydrogens (tertiary/aromatic N) is 3. The zero-order chi connectivity index (χ0) is 22.9. The molecule has 1 aromatic heterocycles. The quantitative estimate of drug-likeness (QED) is 0.590. The van der Waals surface area contributed by atoms with Crippen molar-refractivity contribution in [2.75, 3.05) is 44.8 Å². The van der Waals surface area contributed by atoms with Crippen molar-refractivity contribution in [2.45, 2.75) is 57.3 Å². The summed E-state index contributed by atoms with van der Waals surface area (Å²) in [5.74, 6) is 0.317. The zero-order valence-electron chi connectivity index (χ0n) is 19.1. The lowest BCUT2D eigenvalue weighted by Gasteiger charge is -2.42. The Bertz CT molecular complexity index is 853. The lowest BCUT2D eigenvalue weighted by atomic mass is 9.89. The number of anilines is 1. The van der Waals surface area contributed by atoms with Gasteiger partial charge in [0.15, 0.2) is 0 Å². The van der Waals surface area contributed by atoms with E-state index in [4.69, 9.17) is 9.47 Å². The highest BCUT2D eigenvalue weighted by molar-refractivity contribution is 5.98. The van der Waals surface area contributed by atoms with Crippen molar-refractivity contribution in [3.05, 3.63) is 17.8 Å². The smallest absolute Gasteiger partial charge is 0.270 e. The van der Waals surface area contributed by atoms with E-state index in [1.807, 2.05) is 19.9 Å². The van der Waals surface area contributed by atoms with Crippen LogP contribution in [-0.4, -0.2) is 79.4 Å². The van der Waals surface area contributed by atoms with E-state index in [1.54, 1.807) is 13.2 Å². The molecular formula is C23H35FN4O4. The van der Waals surface area contributed by atoms with Crippen molar-refractivity contribution in [3.8, 4) is 5.88 Å². The molecule has 1 aliphatic carbocycles.